The summed E-state index contributed by atoms with van der Waals surface area (Å²) in [6, 6.07) is 13.2. The van der Waals surface area contributed by atoms with E-state index in [1.165, 1.54) is 12.1 Å². The highest BCUT2D eigenvalue weighted by Gasteiger charge is 2.10. The van der Waals surface area contributed by atoms with Gasteiger partial charge in [0.2, 0.25) is 0 Å². The highest BCUT2D eigenvalue weighted by molar-refractivity contribution is 6.10. The Hall–Kier alpha value is -3.08. The molecule has 1 amide bonds. The molecular weight excluding hydrogens is 266 g/mol. The lowest BCUT2D eigenvalue weighted by Crippen LogP contribution is -2.12. The number of hydrogen-bond donors (Lipinski definition) is 3. The third-order valence-electron chi connectivity index (χ3n) is 3.16. The second kappa shape index (κ2) is 5.13. The van der Waals surface area contributed by atoms with Gasteiger partial charge in [-0.1, -0.05) is 6.07 Å². The average Bonchev–Trinajstić information content (AvgIpc) is 2.50. The Morgan fingerprint density at radius 1 is 1.14 bits per heavy atom. The van der Waals surface area contributed by atoms with E-state index in [1.54, 1.807) is 36.5 Å². The van der Waals surface area contributed by atoms with Gasteiger partial charge in [0.1, 0.15) is 5.75 Å². The predicted octanol–water partition coefficient (Wildman–Crippen LogP) is 2.77. The molecule has 0 saturated heterocycles. The van der Waals surface area contributed by atoms with E-state index in [0.717, 1.165) is 5.39 Å². The van der Waals surface area contributed by atoms with Crippen LogP contribution in [0, 0.1) is 0 Å². The van der Waals surface area contributed by atoms with Crippen molar-refractivity contribution >= 4 is 28.2 Å². The van der Waals surface area contributed by atoms with Crippen molar-refractivity contribution in [1.29, 1.82) is 0 Å². The number of amides is 1. The van der Waals surface area contributed by atoms with Gasteiger partial charge in [0.05, 0.1) is 16.9 Å². The van der Waals surface area contributed by atoms with E-state index < -0.39 is 0 Å². The molecule has 0 spiro atoms. The first-order chi connectivity index (χ1) is 10.1. The number of pyridine rings is 1. The van der Waals surface area contributed by atoms with Gasteiger partial charge in [-0.2, -0.15) is 0 Å². The molecular formula is C16H13N3O2. The van der Waals surface area contributed by atoms with Crippen molar-refractivity contribution in [3.8, 4) is 5.75 Å². The number of phenols is 1. The Balaban J connectivity index is 1.99. The number of aromatic nitrogens is 1. The molecule has 104 valence electrons. The number of anilines is 2. The Labute approximate surface area is 121 Å². The largest absolute Gasteiger partial charge is 0.508 e. The molecule has 0 fully saturated rings. The zero-order valence-corrected chi connectivity index (χ0v) is 11.1. The van der Waals surface area contributed by atoms with Crippen molar-refractivity contribution in [2.24, 2.45) is 0 Å². The smallest absolute Gasteiger partial charge is 0.255 e. The molecule has 0 aliphatic heterocycles. The number of hydrogen-bond acceptors (Lipinski definition) is 4. The number of carbonyl (C=O) groups is 1. The predicted molar refractivity (Wildman–Crippen MR) is 82.2 cm³/mol. The number of nitrogens with two attached hydrogens (primary N) is 1. The van der Waals surface area contributed by atoms with Gasteiger partial charge in [-0.05, 0) is 42.5 Å². The maximum atomic E-state index is 12.2. The summed E-state index contributed by atoms with van der Waals surface area (Å²) in [6.07, 6.45) is 1.65. The molecule has 0 aliphatic carbocycles. The van der Waals surface area contributed by atoms with Crippen LogP contribution in [0.3, 0.4) is 0 Å². The monoisotopic (exact) mass is 279 g/mol. The van der Waals surface area contributed by atoms with Crippen LogP contribution in [0.15, 0.2) is 54.7 Å². The summed E-state index contributed by atoms with van der Waals surface area (Å²) in [6.45, 7) is 0. The number of nitrogens with one attached hydrogen (secondary N) is 1. The second-order valence-corrected chi connectivity index (χ2v) is 4.61. The van der Waals surface area contributed by atoms with E-state index in [2.05, 4.69) is 10.3 Å². The van der Waals surface area contributed by atoms with Gasteiger partial charge < -0.3 is 16.2 Å². The fourth-order valence-electron chi connectivity index (χ4n) is 2.15. The maximum absolute atomic E-state index is 12.2. The number of carbonyl (C=O) groups excluding carboxylic acids is 1. The van der Waals surface area contributed by atoms with E-state index in [9.17, 15) is 9.90 Å². The van der Waals surface area contributed by atoms with Crippen LogP contribution in [0.2, 0.25) is 0 Å². The van der Waals surface area contributed by atoms with Gasteiger partial charge in [0, 0.05) is 17.1 Å². The van der Waals surface area contributed by atoms with Crippen LogP contribution in [-0.2, 0) is 0 Å². The topological polar surface area (TPSA) is 88.2 Å². The van der Waals surface area contributed by atoms with Gasteiger partial charge in [0.15, 0.2) is 0 Å². The first-order valence-corrected chi connectivity index (χ1v) is 6.39. The van der Waals surface area contributed by atoms with Crippen LogP contribution in [0.25, 0.3) is 10.9 Å². The van der Waals surface area contributed by atoms with Crippen LogP contribution >= 0.6 is 0 Å². The van der Waals surface area contributed by atoms with Crippen molar-refractivity contribution < 1.29 is 9.90 Å². The molecule has 4 N–H and O–H groups in total. The van der Waals surface area contributed by atoms with Crippen LogP contribution in [0.1, 0.15) is 10.4 Å². The van der Waals surface area contributed by atoms with Gasteiger partial charge in [-0.15, -0.1) is 0 Å². The fourth-order valence-corrected chi connectivity index (χ4v) is 2.15. The average molecular weight is 279 g/mol. The lowest BCUT2D eigenvalue weighted by atomic mass is 10.1. The molecule has 3 aromatic rings. The SMILES string of the molecule is Nc1ccc(NC(=O)c2cccc(O)c2)c2cccnc12. The molecule has 1 aromatic heterocycles. The van der Waals surface area contributed by atoms with Crippen molar-refractivity contribution in [2.45, 2.75) is 0 Å². The summed E-state index contributed by atoms with van der Waals surface area (Å²) in [4.78, 5) is 16.4. The highest BCUT2D eigenvalue weighted by Crippen LogP contribution is 2.27. The maximum Gasteiger partial charge on any atom is 0.255 e. The summed E-state index contributed by atoms with van der Waals surface area (Å²) in [7, 11) is 0. The number of phenolic OH excluding ortho intramolecular Hbond substituents is 1. The third-order valence-corrected chi connectivity index (χ3v) is 3.16. The van der Waals surface area contributed by atoms with Crippen LogP contribution in [0.4, 0.5) is 11.4 Å². The number of nitrogens with zero attached hydrogens (tertiary/aromatic N) is 1. The standard InChI is InChI=1S/C16H13N3O2/c17-13-6-7-14(12-5-2-8-18-15(12)13)19-16(21)10-3-1-4-11(20)9-10/h1-9,20H,17H2,(H,19,21). The van der Waals surface area contributed by atoms with E-state index in [4.69, 9.17) is 5.73 Å². The molecule has 0 radical (unpaired) electrons. The second-order valence-electron chi connectivity index (χ2n) is 4.61. The Morgan fingerprint density at radius 2 is 2.00 bits per heavy atom. The molecule has 2 aromatic carbocycles. The van der Waals surface area contributed by atoms with Gasteiger partial charge >= 0.3 is 0 Å². The lowest BCUT2D eigenvalue weighted by molar-refractivity contribution is 0.102. The summed E-state index contributed by atoms with van der Waals surface area (Å²) < 4.78 is 0. The zero-order valence-electron chi connectivity index (χ0n) is 11.1. The van der Waals surface area contributed by atoms with Crippen molar-refractivity contribution in [3.05, 3.63) is 60.3 Å². The Bertz CT molecular complexity index is 831. The fraction of sp³-hybridized carbons (Fsp3) is 0. The molecule has 0 unspecified atom stereocenters. The molecule has 5 nitrogen and oxygen atoms in total. The van der Waals surface area contributed by atoms with E-state index >= 15 is 0 Å². The minimum Gasteiger partial charge on any atom is -0.508 e. The van der Waals surface area contributed by atoms with Crippen LogP contribution in [-0.4, -0.2) is 16.0 Å². The lowest BCUT2D eigenvalue weighted by Gasteiger charge is -2.10. The molecule has 21 heavy (non-hydrogen) atoms. The number of aromatic hydroxyl groups is 1. The highest BCUT2D eigenvalue weighted by atomic mass is 16.3. The molecule has 0 atom stereocenters. The summed E-state index contributed by atoms with van der Waals surface area (Å²) >= 11 is 0. The minimum absolute atomic E-state index is 0.0477. The van der Waals surface area contributed by atoms with Crippen molar-refractivity contribution in [3.63, 3.8) is 0 Å². The minimum atomic E-state index is -0.305. The zero-order chi connectivity index (χ0) is 14.8. The number of rotatable bonds is 2. The molecule has 0 aliphatic rings. The number of fused-ring (bicyclic) bond motifs is 1. The van der Waals surface area contributed by atoms with Gasteiger partial charge in [0.25, 0.3) is 5.91 Å². The first kappa shape index (κ1) is 12.9. The van der Waals surface area contributed by atoms with E-state index in [0.29, 0.717) is 22.5 Å². The molecule has 5 heteroatoms. The Kier molecular flexibility index (Phi) is 3.16. The summed E-state index contributed by atoms with van der Waals surface area (Å²) in [5.74, 6) is -0.257. The number of benzene rings is 2. The van der Waals surface area contributed by atoms with E-state index in [-0.39, 0.29) is 11.7 Å². The molecule has 3 rings (SSSR count). The van der Waals surface area contributed by atoms with Crippen molar-refractivity contribution in [2.75, 3.05) is 11.1 Å². The third kappa shape index (κ3) is 2.49. The van der Waals surface area contributed by atoms with Gasteiger partial charge in [-0.25, -0.2) is 0 Å². The van der Waals surface area contributed by atoms with E-state index in [1.807, 2.05) is 6.07 Å². The molecule has 0 saturated carbocycles. The number of nitrogen functional groups attached to an aromatic ring is 1. The Morgan fingerprint density at radius 3 is 2.81 bits per heavy atom. The normalized spacial score (nSPS) is 10.5. The van der Waals surface area contributed by atoms with Gasteiger partial charge in [-0.3, -0.25) is 9.78 Å². The molecule has 0 bridgehead atoms. The first-order valence-electron chi connectivity index (χ1n) is 6.39. The quantitative estimate of drug-likeness (QED) is 0.629. The van der Waals surface area contributed by atoms with Crippen molar-refractivity contribution in [1.82, 2.24) is 4.98 Å². The summed E-state index contributed by atoms with van der Waals surface area (Å²) in [5.41, 5.74) is 8.08. The molecule has 1 heterocycles. The van der Waals surface area contributed by atoms with Crippen LogP contribution in [0.5, 0.6) is 5.75 Å². The van der Waals surface area contributed by atoms with Crippen LogP contribution < -0.4 is 11.1 Å². The summed E-state index contributed by atoms with van der Waals surface area (Å²) in [5, 5.41) is 13.0.